The molecular weight excluding hydrogens is 244 g/mol. The minimum Gasteiger partial charge on any atom is -0.396 e. The molecule has 1 aromatic carbocycles. The van der Waals surface area contributed by atoms with Gasteiger partial charge in [0.05, 0.1) is 12.3 Å². The largest absolute Gasteiger partial charge is 0.396 e. The summed E-state index contributed by atoms with van der Waals surface area (Å²) < 4.78 is 2.10. The van der Waals surface area contributed by atoms with E-state index in [-0.39, 0.29) is 6.61 Å². The molecular formula is C14H18N2OS. The Morgan fingerprint density at radius 3 is 2.50 bits per heavy atom. The number of thioether (sulfide) groups is 1. The summed E-state index contributed by atoms with van der Waals surface area (Å²) in [6.07, 6.45) is 3.78. The second-order valence-electron chi connectivity index (χ2n) is 4.40. The van der Waals surface area contributed by atoms with Gasteiger partial charge in [-0.15, -0.1) is 0 Å². The molecule has 0 fully saturated rings. The van der Waals surface area contributed by atoms with Crippen molar-refractivity contribution in [3.05, 3.63) is 41.2 Å². The number of aromatic nitrogens is 2. The number of nitrogens with zero attached hydrogens (tertiary/aromatic N) is 2. The van der Waals surface area contributed by atoms with Gasteiger partial charge in [0.2, 0.25) is 0 Å². The van der Waals surface area contributed by atoms with Crippen LogP contribution in [-0.2, 0) is 0 Å². The van der Waals surface area contributed by atoms with Gasteiger partial charge in [-0.25, -0.2) is 4.98 Å². The van der Waals surface area contributed by atoms with Crippen molar-refractivity contribution in [2.75, 3.05) is 12.4 Å². The molecule has 0 aliphatic rings. The smallest absolute Gasteiger partial charge is 0.172 e. The topological polar surface area (TPSA) is 38.0 Å². The Hall–Kier alpha value is -1.26. The first kappa shape index (κ1) is 13.2. The van der Waals surface area contributed by atoms with Gasteiger partial charge in [-0.05, 0) is 31.9 Å². The maximum absolute atomic E-state index is 8.91. The van der Waals surface area contributed by atoms with E-state index in [0.717, 1.165) is 5.16 Å². The van der Waals surface area contributed by atoms with Crippen LogP contribution in [0.5, 0.6) is 0 Å². The Morgan fingerprint density at radius 1 is 1.22 bits per heavy atom. The fourth-order valence-corrected chi connectivity index (χ4v) is 2.96. The van der Waals surface area contributed by atoms with Gasteiger partial charge in [-0.3, -0.25) is 4.57 Å². The maximum Gasteiger partial charge on any atom is 0.172 e. The van der Waals surface area contributed by atoms with Crippen LogP contribution in [0.15, 0.2) is 29.7 Å². The van der Waals surface area contributed by atoms with Gasteiger partial charge in [-0.1, -0.05) is 29.5 Å². The van der Waals surface area contributed by atoms with Crippen molar-refractivity contribution < 1.29 is 5.11 Å². The van der Waals surface area contributed by atoms with E-state index in [0.29, 0.717) is 5.75 Å². The zero-order valence-corrected chi connectivity index (χ0v) is 11.8. The first-order valence-electron chi connectivity index (χ1n) is 5.98. The Kier molecular flexibility index (Phi) is 4.09. The van der Waals surface area contributed by atoms with Crippen LogP contribution >= 0.6 is 11.8 Å². The summed E-state index contributed by atoms with van der Waals surface area (Å²) in [6.45, 7) is 6.52. The van der Waals surface area contributed by atoms with Crippen LogP contribution in [0.25, 0.3) is 5.69 Å². The van der Waals surface area contributed by atoms with E-state index < -0.39 is 0 Å². The molecule has 0 bridgehead atoms. The molecule has 2 rings (SSSR count). The molecule has 1 aromatic heterocycles. The molecule has 0 aliphatic heterocycles. The van der Waals surface area contributed by atoms with Crippen LogP contribution in [0.2, 0.25) is 0 Å². The van der Waals surface area contributed by atoms with Crippen molar-refractivity contribution >= 4 is 11.8 Å². The molecule has 0 atom stereocenters. The Labute approximate surface area is 112 Å². The number of benzene rings is 1. The molecule has 0 radical (unpaired) electrons. The first-order chi connectivity index (χ1) is 8.63. The number of rotatable bonds is 4. The van der Waals surface area contributed by atoms with Crippen LogP contribution in [0.1, 0.15) is 16.7 Å². The monoisotopic (exact) mass is 262 g/mol. The van der Waals surface area contributed by atoms with E-state index in [9.17, 15) is 0 Å². The molecule has 0 unspecified atom stereocenters. The summed E-state index contributed by atoms with van der Waals surface area (Å²) in [5, 5.41) is 9.84. The lowest BCUT2D eigenvalue weighted by Gasteiger charge is -2.14. The predicted molar refractivity (Wildman–Crippen MR) is 75.6 cm³/mol. The molecule has 0 aliphatic carbocycles. The Bertz CT molecular complexity index is 525. The van der Waals surface area contributed by atoms with Crippen molar-refractivity contribution in [1.82, 2.24) is 9.55 Å². The molecule has 18 heavy (non-hydrogen) atoms. The highest BCUT2D eigenvalue weighted by Crippen LogP contribution is 2.26. The van der Waals surface area contributed by atoms with Gasteiger partial charge < -0.3 is 5.11 Å². The van der Waals surface area contributed by atoms with Crippen LogP contribution in [0.4, 0.5) is 0 Å². The van der Waals surface area contributed by atoms with Gasteiger partial charge in [0.25, 0.3) is 0 Å². The fourth-order valence-electron chi connectivity index (χ4n) is 2.26. The van der Waals surface area contributed by atoms with Gasteiger partial charge in [0, 0.05) is 18.1 Å². The molecule has 96 valence electrons. The summed E-state index contributed by atoms with van der Waals surface area (Å²) in [6, 6.07) is 4.37. The lowest BCUT2D eigenvalue weighted by Crippen LogP contribution is -2.02. The van der Waals surface area contributed by atoms with E-state index in [2.05, 4.69) is 42.5 Å². The quantitative estimate of drug-likeness (QED) is 0.861. The molecule has 1 N–H and O–H groups in total. The lowest BCUT2D eigenvalue weighted by molar-refractivity contribution is 0.322. The third-order valence-electron chi connectivity index (χ3n) is 2.81. The normalized spacial score (nSPS) is 10.9. The van der Waals surface area contributed by atoms with Crippen molar-refractivity contribution in [1.29, 1.82) is 0 Å². The minimum atomic E-state index is 0.170. The third kappa shape index (κ3) is 2.60. The summed E-state index contributed by atoms with van der Waals surface area (Å²) in [5.41, 5.74) is 4.96. The number of hydrogen-bond acceptors (Lipinski definition) is 3. The Morgan fingerprint density at radius 2 is 1.89 bits per heavy atom. The van der Waals surface area contributed by atoms with Crippen molar-refractivity contribution in [3.8, 4) is 5.69 Å². The molecule has 0 saturated heterocycles. The molecule has 4 heteroatoms. The summed E-state index contributed by atoms with van der Waals surface area (Å²) in [7, 11) is 0. The third-order valence-corrected chi connectivity index (χ3v) is 3.75. The molecule has 0 spiro atoms. The first-order valence-corrected chi connectivity index (χ1v) is 6.97. The number of aliphatic hydroxyl groups excluding tert-OH is 1. The van der Waals surface area contributed by atoms with E-state index in [1.165, 1.54) is 22.4 Å². The Balaban J connectivity index is 2.46. The van der Waals surface area contributed by atoms with E-state index in [4.69, 9.17) is 5.11 Å². The molecule has 0 saturated carbocycles. The molecule has 0 amide bonds. The highest BCUT2D eigenvalue weighted by atomic mass is 32.2. The van der Waals surface area contributed by atoms with Gasteiger partial charge in [0.1, 0.15) is 0 Å². The zero-order chi connectivity index (χ0) is 13.1. The van der Waals surface area contributed by atoms with E-state index in [1.54, 1.807) is 18.0 Å². The van der Waals surface area contributed by atoms with Crippen LogP contribution in [-0.4, -0.2) is 27.0 Å². The number of aliphatic hydroxyl groups is 1. The van der Waals surface area contributed by atoms with Crippen LogP contribution < -0.4 is 0 Å². The van der Waals surface area contributed by atoms with E-state index in [1.807, 2.05) is 6.20 Å². The highest BCUT2D eigenvalue weighted by Gasteiger charge is 2.10. The highest BCUT2D eigenvalue weighted by molar-refractivity contribution is 7.99. The number of imidazole rings is 1. The van der Waals surface area contributed by atoms with Gasteiger partial charge in [0.15, 0.2) is 5.16 Å². The van der Waals surface area contributed by atoms with Crippen molar-refractivity contribution in [3.63, 3.8) is 0 Å². The summed E-state index contributed by atoms with van der Waals surface area (Å²) >= 11 is 1.57. The van der Waals surface area contributed by atoms with Crippen LogP contribution in [0, 0.1) is 20.8 Å². The minimum absolute atomic E-state index is 0.170. The molecule has 2 aromatic rings. The molecule has 3 nitrogen and oxygen atoms in total. The fraction of sp³-hybridized carbons (Fsp3) is 0.357. The number of aryl methyl sites for hydroxylation is 3. The van der Waals surface area contributed by atoms with Gasteiger partial charge in [-0.2, -0.15) is 0 Å². The standard InChI is InChI=1S/C14H18N2OS/c1-10-8-11(2)13(12(3)9-10)16-5-4-15-14(16)18-7-6-17/h4-5,8-9,17H,6-7H2,1-3H3. The lowest BCUT2D eigenvalue weighted by atomic mass is 10.1. The average molecular weight is 262 g/mol. The number of hydrogen-bond donors (Lipinski definition) is 1. The SMILES string of the molecule is Cc1cc(C)c(-n2ccnc2SCCO)c(C)c1. The van der Waals surface area contributed by atoms with Crippen LogP contribution in [0.3, 0.4) is 0 Å². The summed E-state index contributed by atoms with van der Waals surface area (Å²) in [5.74, 6) is 0.668. The predicted octanol–water partition coefficient (Wildman–Crippen LogP) is 2.88. The summed E-state index contributed by atoms with van der Waals surface area (Å²) in [4.78, 5) is 4.35. The second kappa shape index (κ2) is 5.59. The van der Waals surface area contributed by atoms with E-state index >= 15 is 0 Å². The maximum atomic E-state index is 8.91. The van der Waals surface area contributed by atoms with Crippen molar-refractivity contribution in [2.24, 2.45) is 0 Å². The van der Waals surface area contributed by atoms with Crippen molar-refractivity contribution in [2.45, 2.75) is 25.9 Å². The average Bonchev–Trinajstić information content (AvgIpc) is 2.73. The zero-order valence-electron chi connectivity index (χ0n) is 11.0. The second-order valence-corrected chi connectivity index (χ2v) is 5.46. The van der Waals surface area contributed by atoms with Gasteiger partial charge >= 0.3 is 0 Å². The molecule has 1 heterocycles.